The molecule has 0 spiro atoms. The van der Waals surface area contributed by atoms with Crippen LogP contribution in [0.3, 0.4) is 0 Å². The topological polar surface area (TPSA) is 107 Å². The summed E-state index contributed by atoms with van der Waals surface area (Å²) < 4.78 is 38.0. The number of nitrogens with one attached hydrogen (secondary N) is 2. The highest BCUT2D eigenvalue weighted by Crippen LogP contribution is 2.40. The number of hydroxylamine groups is 2. The van der Waals surface area contributed by atoms with Gasteiger partial charge in [0.05, 0.1) is 0 Å². The molecule has 8 nitrogen and oxygen atoms in total. The fraction of sp³-hybridized carbons (Fsp3) is 0.625. The lowest BCUT2D eigenvalue weighted by Gasteiger charge is -2.38. The van der Waals surface area contributed by atoms with Crippen molar-refractivity contribution in [2.75, 3.05) is 5.43 Å². The number of hydrogen-bond acceptors (Lipinski definition) is 6. The van der Waals surface area contributed by atoms with E-state index in [1.165, 1.54) is 0 Å². The van der Waals surface area contributed by atoms with E-state index in [9.17, 15) is 28.0 Å². The van der Waals surface area contributed by atoms with E-state index in [-0.39, 0.29) is 22.8 Å². The van der Waals surface area contributed by atoms with Crippen LogP contribution in [-0.2, 0) is 15.8 Å². The zero-order valence-electron chi connectivity index (χ0n) is 15.0. The summed E-state index contributed by atoms with van der Waals surface area (Å²) in [6.45, 7) is 4.20. The van der Waals surface area contributed by atoms with Crippen LogP contribution in [0.15, 0.2) is 12.3 Å². The average molecular weight is 389 g/mol. The first-order valence-electron chi connectivity index (χ1n) is 8.42. The van der Waals surface area contributed by atoms with Crippen molar-refractivity contribution in [3.8, 4) is 0 Å². The molecule has 1 atom stereocenters. The number of anilines is 1. The van der Waals surface area contributed by atoms with Crippen LogP contribution in [0.2, 0.25) is 0 Å². The Kier molecular flexibility index (Phi) is 6.24. The number of hydrazine groups is 1. The predicted molar refractivity (Wildman–Crippen MR) is 88.0 cm³/mol. The summed E-state index contributed by atoms with van der Waals surface area (Å²) in [6, 6.07) is -0.474. The van der Waals surface area contributed by atoms with Crippen LogP contribution in [0, 0.1) is 11.3 Å². The second-order valence-corrected chi connectivity index (χ2v) is 7.31. The lowest BCUT2D eigenvalue weighted by Crippen LogP contribution is -2.52. The largest absolute Gasteiger partial charge is 0.433 e. The van der Waals surface area contributed by atoms with Gasteiger partial charge in [-0.25, -0.2) is 15.0 Å². The maximum Gasteiger partial charge on any atom is 0.433 e. The van der Waals surface area contributed by atoms with E-state index in [1.54, 1.807) is 0 Å². The zero-order valence-corrected chi connectivity index (χ0v) is 15.0. The summed E-state index contributed by atoms with van der Waals surface area (Å²) in [6.07, 6.45) is -0.748. The molecule has 2 rings (SSSR count). The molecule has 11 heteroatoms. The van der Waals surface area contributed by atoms with Crippen LogP contribution in [0.1, 0.15) is 45.2 Å². The van der Waals surface area contributed by atoms with Crippen molar-refractivity contribution in [2.24, 2.45) is 11.3 Å². The third-order valence-electron chi connectivity index (χ3n) is 4.74. The lowest BCUT2D eigenvalue weighted by atomic mass is 9.71. The molecule has 1 fully saturated rings. The monoisotopic (exact) mass is 389 g/mol. The highest BCUT2D eigenvalue weighted by Gasteiger charge is 2.38. The van der Waals surface area contributed by atoms with Gasteiger partial charge in [-0.05, 0) is 43.1 Å². The molecule has 1 saturated carbocycles. The maximum absolute atomic E-state index is 12.7. The van der Waals surface area contributed by atoms with Gasteiger partial charge in [-0.15, -0.1) is 0 Å². The highest BCUT2D eigenvalue weighted by atomic mass is 19.4. The second-order valence-electron chi connectivity index (χ2n) is 7.31. The number of rotatable bonds is 6. The molecule has 1 aromatic rings. The number of hydrogen-bond donors (Lipinski definition) is 3. The summed E-state index contributed by atoms with van der Waals surface area (Å²) in [7, 11) is 0. The fourth-order valence-electron chi connectivity index (χ4n) is 3.12. The summed E-state index contributed by atoms with van der Waals surface area (Å²) in [4.78, 5) is 30.3. The average Bonchev–Trinajstić information content (AvgIpc) is 2.61. The minimum atomic E-state index is -4.65. The second kappa shape index (κ2) is 8.07. The summed E-state index contributed by atoms with van der Waals surface area (Å²) in [5.41, 5.74) is 3.31. The number of halogens is 3. The van der Waals surface area contributed by atoms with E-state index in [0.717, 1.165) is 19.0 Å². The third-order valence-corrected chi connectivity index (χ3v) is 4.74. The van der Waals surface area contributed by atoms with E-state index >= 15 is 0 Å². The lowest BCUT2D eigenvalue weighted by molar-refractivity contribution is -0.174. The Morgan fingerprint density at radius 2 is 2.04 bits per heavy atom. The van der Waals surface area contributed by atoms with Crippen LogP contribution in [0.25, 0.3) is 0 Å². The Bertz CT molecular complexity index is 674. The van der Waals surface area contributed by atoms with Gasteiger partial charge in [0.1, 0.15) is 11.7 Å². The Labute approximate surface area is 154 Å². The van der Waals surface area contributed by atoms with Crippen LogP contribution >= 0.6 is 0 Å². The molecule has 27 heavy (non-hydrogen) atoms. The van der Waals surface area contributed by atoms with Crippen molar-refractivity contribution in [3.63, 3.8) is 0 Å². The standard InChI is InChI=1S/C16H22F3N5O3/c1-15(2)6-3-10(4-7-15)12(24(27)9-25)13(26)22-23-14-20-8-5-11(21-14)16(17,18)19/h5,8-10,12,27H,3-4,6-7H2,1-2H3,(H,22,26)(H,20,21,23). The molecule has 1 heterocycles. The van der Waals surface area contributed by atoms with Crippen LogP contribution in [0.5, 0.6) is 0 Å². The highest BCUT2D eigenvalue weighted by molar-refractivity contribution is 5.84. The maximum atomic E-state index is 12.7. The molecular formula is C16H22F3N5O3. The van der Waals surface area contributed by atoms with Crippen molar-refractivity contribution in [1.29, 1.82) is 0 Å². The van der Waals surface area contributed by atoms with E-state index in [1.807, 2.05) is 0 Å². The van der Waals surface area contributed by atoms with Crippen molar-refractivity contribution in [2.45, 2.75) is 51.7 Å². The first kappa shape index (κ1) is 20.9. The third kappa shape index (κ3) is 5.52. The molecule has 0 saturated heterocycles. The number of amides is 2. The Morgan fingerprint density at radius 3 is 2.59 bits per heavy atom. The van der Waals surface area contributed by atoms with Gasteiger partial charge >= 0.3 is 6.18 Å². The van der Waals surface area contributed by atoms with Crippen LogP contribution in [-0.4, -0.2) is 38.6 Å². The molecule has 1 aliphatic carbocycles. The van der Waals surface area contributed by atoms with Gasteiger partial charge in [-0.2, -0.15) is 13.2 Å². The number of nitrogens with zero attached hydrogens (tertiary/aromatic N) is 3. The molecule has 0 bridgehead atoms. The molecule has 0 radical (unpaired) electrons. The van der Waals surface area contributed by atoms with Gasteiger partial charge in [0.15, 0.2) is 0 Å². The van der Waals surface area contributed by atoms with Crippen LogP contribution in [0.4, 0.5) is 19.1 Å². The predicted octanol–water partition coefficient (Wildman–Crippen LogP) is 2.37. The number of alkyl halides is 3. The van der Waals surface area contributed by atoms with E-state index in [2.05, 4.69) is 34.7 Å². The first-order valence-corrected chi connectivity index (χ1v) is 8.42. The fourth-order valence-corrected chi connectivity index (χ4v) is 3.12. The van der Waals surface area contributed by atoms with E-state index in [0.29, 0.717) is 18.9 Å². The van der Waals surface area contributed by atoms with Crippen molar-refractivity contribution < 1.29 is 28.0 Å². The summed E-state index contributed by atoms with van der Waals surface area (Å²) >= 11 is 0. The molecule has 1 unspecified atom stereocenters. The van der Waals surface area contributed by atoms with Crippen molar-refractivity contribution in [1.82, 2.24) is 20.5 Å². The Balaban J connectivity index is 2.05. The van der Waals surface area contributed by atoms with Gasteiger partial charge in [-0.3, -0.25) is 25.6 Å². The number of aromatic nitrogens is 2. The van der Waals surface area contributed by atoms with Gasteiger partial charge in [0, 0.05) is 6.20 Å². The van der Waals surface area contributed by atoms with Crippen LogP contribution < -0.4 is 10.9 Å². The minimum Gasteiger partial charge on any atom is -0.285 e. The van der Waals surface area contributed by atoms with E-state index in [4.69, 9.17) is 0 Å². The number of carbonyl (C=O) groups excluding carboxylic acids is 2. The Morgan fingerprint density at radius 1 is 1.41 bits per heavy atom. The minimum absolute atomic E-state index is 0.114. The molecule has 2 amide bonds. The molecule has 1 aliphatic rings. The van der Waals surface area contributed by atoms with E-state index < -0.39 is 29.8 Å². The van der Waals surface area contributed by atoms with Gasteiger partial charge < -0.3 is 0 Å². The molecule has 0 aromatic carbocycles. The van der Waals surface area contributed by atoms with Gasteiger partial charge in [0.2, 0.25) is 12.4 Å². The first-order chi connectivity index (χ1) is 12.5. The SMILES string of the molecule is CC1(C)CCC(C(C(=O)NNc2nccc(C(F)(F)F)n2)N(O)C=O)CC1. The molecule has 3 N–H and O–H groups in total. The normalized spacial score (nSPS) is 18.4. The van der Waals surface area contributed by atoms with Gasteiger partial charge in [-0.1, -0.05) is 13.8 Å². The summed E-state index contributed by atoms with van der Waals surface area (Å²) in [5, 5.41) is 10.1. The van der Waals surface area contributed by atoms with Gasteiger partial charge in [0.25, 0.3) is 5.91 Å². The molecular weight excluding hydrogens is 367 g/mol. The zero-order chi connectivity index (χ0) is 20.2. The smallest absolute Gasteiger partial charge is 0.285 e. The molecule has 150 valence electrons. The number of carbonyl (C=O) groups is 2. The molecule has 1 aromatic heterocycles. The van der Waals surface area contributed by atoms with Crippen molar-refractivity contribution >= 4 is 18.3 Å². The molecule has 0 aliphatic heterocycles. The quantitative estimate of drug-likeness (QED) is 0.392. The summed E-state index contributed by atoms with van der Waals surface area (Å²) in [5.74, 6) is -1.51. The Hall–Kier alpha value is -2.43. The van der Waals surface area contributed by atoms with Crippen molar-refractivity contribution in [3.05, 3.63) is 18.0 Å².